The van der Waals surface area contributed by atoms with Crippen molar-refractivity contribution in [3.63, 3.8) is 0 Å². The summed E-state index contributed by atoms with van der Waals surface area (Å²) in [6.45, 7) is 3.11. The summed E-state index contributed by atoms with van der Waals surface area (Å²) in [5.41, 5.74) is 0. The lowest BCUT2D eigenvalue weighted by Crippen LogP contribution is -2.14. The van der Waals surface area contributed by atoms with E-state index >= 15 is 0 Å². The summed E-state index contributed by atoms with van der Waals surface area (Å²) in [5, 5.41) is 5.74. The molecule has 0 unspecified atom stereocenters. The lowest BCUT2D eigenvalue weighted by atomic mass is 10.6. The van der Waals surface area contributed by atoms with Crippen LogP contribution in [-0.4, -0.2) is 23.9 Å². The highest BCUT2D eigenvalue weighted by atomic mass is 32.2. The molecular weight excluding hydrogens is 168 g/mol. The minimum absolute atomic E-state index is 0.312. The van der Waals surface area contributed by atoms with E-state index in [0.717, 1.165) is 6.39 Å². The van der Waals surface area contributed by atoms with Crippen LogP contribution in [0.2, 0.25) is 0 Å². The third kappa shape index (κ3) is 1.40. The molecule has 1 rings (SSSR count). The van der Waals surface area contributed by atoms with Gasteiger partial charge in [-0.05, 0) is 13.8 Å². The van der Waals surface area contributed by atoms with Gasteiger partial charge in [-0.15, -0.1) is 5.10 Å². The van der Waals surface area contributed by atoms with Crippen molar-refractivity contribution >= 4 is 9.84 Å². The van der Waals surface area contributed by atoms with Crippen LogP contribution < -0.4 is 0 Å². The molecule has 0 aliphatic carbocycles. The smallest absolute Gasteiger partial charge is 0.335 e. The summed E-state index contributed by atoms with van der Waals surface area (Å²) in [5.74, 6) is 0. The number of aromatic nitrogens is 2. The number of nitrogens with zero attached hydrogens (tertiary/aromatic N) is 2. The highest BCUT2D eigenvalue weighted by Crippen LogP contribution is 2.10. The largest absolute Gasteiger partial charge is 0.415 e. The van der Waals surface area contributed by atoms with Gasteiger partial charge in [-0.1, -0.05) is 5.10 Å². The Labute approximate surface area is 64.4 Å². The predicted molar refractivity (Wildman–Crippen MR) is 36.6 cm³/mol. The van der Waals surface area contributed by atoms with E-state index in [4.69, 9.17) is 0 Å². The predicted octanol–water partition coefficient (Wildman–Crippen LogP) is 0.252. The SMILES string of the molecule is CC(C)S(=O)(=O)c1nnco1. The van der Waals surface area contributed by atoms with Crippen LogP contribution in [0.5, 0.6) is 0 Å². The summed E-state index contributed by atoms with van der Waals surface area (Å²) in [4.78, 5) is 0. The Morgan fingerprint density at radius 1 is 1.55 bits per heavy atom. The van der Waals surface area contributed by atoms with Crippen molar-refractivity contribution in [3.8, 4) is 0 Å². The minimum Gasteiger partial charge on any atom is -0.415 e. The van der Waals surface area contributed by atoms with Crippen LogP contribution >= 0.6 is 0 Å². The molecule has 0 amide bonds. The van der Waals surface area contributed by atoms with E-state index in [1.807, 2.05) is 0 Å². The van der Waals surface area contributed by atoms with Crippen LogP contribution in [0, 0.1) is 0 Å². The Hall–Kier alpha value is -0.910. The standard InChI is InChI=1S/C5H8N2O3S/c1-4(2)11(8,9)5-7-6-3-10-5/h3-4H,1-2H3. The van der Waals surface area contributed by atoms with Gasteiger partial charge in [0.05, 0.1) is 5.25 Å². The van der Waals surface area contributed by atoms with Crippen molar-refractivity contribution in [1.29, 1.82) is 0 Å². The second kappa shape index (κ2) is 2.61. The normalized spacial score (nSPS) is 12.3. The van der Waals surface area contributed by atoms with Crippen LogP contribution in [0.4, 0.5) is 0 Å². The Kier molecular flexibility index (Phi) is 1.95. The van der Waals surface area contributed by atoms with E-state index in [9.17, 15) is 8.42 Å². The van der Waals surface area contributed by atoms with E-state index in [2.05, 4.69) is 14.6 Å². The van der Waals surface area contributed by atoms with Crippen LogP contribution in [0.15, 0.2) is 16.0 Å². The molecule has 5 nitrogen and oxygen atoms in total. The van der Waals surface area contributed by atoms with Crippen molar-refractivity contribution in [2.75, 3.05) is 0 Å². The molecule has 0 aliphatic rings. The first-order valence-corrected chi connectivity index (χ1v) is 4.60. The average Bonchev–Trinajstić information content (AvgIpc) is 2.37. The molecular formula is C5H8N2O3S. The van der Waals surface area contributed by atoms with Crippen LogP contribution in [0.1, 0.15) is 13.8 Å². The average molecular weight is 176 g/mol. The maximum Gasteiger partial charge on any atom is 0.335 e. The van der Waals surface area contributed by atoms with Crippen molar-refractivity contribution in [2.24, 2.45) is 0 Å². The topological polar surface area (TPSA) is 73.1 Å². The van der Waals surface area contributed by atoms with E-state index in [1.165, 1.54) is 0 Å². The Bertz CT molecular complexity index is 314. The second-order valence-electron chi connectivity index (χ2n) is 2.30. The quantitative estimate of drug-likeness (QED) is 0.645. The Morgan fingerprint density at radius 2 is 2.18 bits per heavy atom. The summed E-state index contributed by atoms with van der Waals surface area (Å²) >= 11 is 0. The maximum atomic E-state index is 11.2. The lowest BCUT2D eigenvalue weighted by Gasteiger charge is -1.99. The first kappa shape index (κ1) is 8.19. The summed E-state index contributed by atoms with van der Waals surface area (Å²) in [7, 11) is -3.37. The fraction of sp³-hybridized carbons (Fsp3) is 0.600. The molecule has 1 heterocycles. The number of sulfone groups is 1. The van der Waals surface area contributed by atoms with E-state index in [0.29, 0.717) is 0 Å². The van der Waals surface area contributed by atoms with Gasteiger partial charge in [0.15, 0.2) is 0 Å². The highest BCUT2D eigenvalue weighted by molar-refractivity contribution is 7.91. The molecule has 0 fully saturated rings. The molecule has 1 aromatic heterocycles. The van der Waals surface area contributed by atoms with Gasteiger partial charge < -0.3 is 4.42 Å². The lowest BCUT2D eigenvalue weighted by molar-refractivity contribution is 0.427. The van der Waals surface area contributed by atoms with Gasteiger partial charge >= 0.3 is 5.22 Å². The fourth-order valence-corrected chi connectivity index (χ4v) is 1.23. The highest BCUT2D eigenvalue weighted by Gasteiger charge is 2.24. The molecule has 0 saturated carbocycles. The van der Waals surface area contributed by atoms with Crippen LogP contribution in [0.3, 0.4) is 0 Å². The third-order valence-electron chi connectivity index (χ3n) is 1.20. The summed E-state index contributed by atoms with van der Waals surface area (Å²) in [6.07, 6.45) is 0.995. The first-order valence-electron chi connectivity index (χ1n) is 3.05. The van der Waals surface area contributed by atoms with Gasteiger partial charge in [0, 0.05) is 0 Å². The van der Waals surface area contributed by atoms with Gasteiger partial charge in [-0.25, -0.2) is 8.42 Å². The zero-order valence-electron chi connectivity index (χ0n) is 6.18. The van der Waals surface area contributed by atoms with Crippen molar-refractivity contribution in [2.45, 2.75) is 24.3 Å². The molecule has 0 saturated heterocycles. The van der Waals surface area contributed by atoms with Gasteiger partial charge in [0.25, 0.3) is 0 Å². The summed E-state index contributed by atoms with van der Waals surface area (Å²) < 4.78 is 26.9. The summed E-state index contributed by atoms with van der Waals surface area (Å²) in [6, 6.07) is 0. The van der Waals surface area contributed by atoms with Gasteiger partial charge in [0.2, 0.25) is 16.2 Å². The molecule has 0 bridgehead atoms. The van der Waals surface area contributed by atoms with Crippen molar-refractivity contribution < 1.29 is 12.8 Å². The van der Waals surface area contributed by atoms with Crippen molar-refractivity contribution in [1.82, 2.24) is 10.2 Å². The van der Waals surface area contributed by atoms with Crippen molar-refractivity contribution in [3.05, 3.63) is 6.39 Å². The zero-order chi connectivity index (χ0) is 8.48. The molecule has 0 aromatic carbocycles. The molecule has 11 heavy (non-hydrogen) atoms. The molecule has 0 atom stereocenters. The fourth-order valence-electron chi connectivity index (χ4n) is 0.489. The van der Waals surface area contributed by atoms with Crippen LogP contribution in [0.25, 0.3) is 0 Å². The van der Waals surface area contributed by atoms with E-state index in [-0.39, 0.29) is 5.22 Å². The first-order chi connectivity index (χ1) is 5.05. The molecule has 0 N–H and O–H groups in total. The van der Waals surface area contributed by atoms with Gasteiger partial charge in [-0.2, -0.15) is 0 Å². The molecule has 0 spiro atoms. The molecule has 0 radical (unpaired) electrons. The Balaban J connectivity index is 3.12. The monoisotopic (exact) mass is 176 g/mol. The maximum absolute atomic E-state index is 11.2. The van der Waals surface area contributed by atoms with Gasteiger partial charge in [0.1, 0.15) is 0 Å². The second-order valence-corrected chi connectivity index (χ2v) is 4.68. The number of hydrogen-bond acceptors (Lipinski definition) is 5. The molecule has 6 heteroatoms. The minimum atomic E-state index is -3.37. The van der Waals surface area contributed by atoms with E-state index < -0.39 is 15.1 Å². The van der Waals surface area contributed by atoms with E-state index in [1.54, 1.807) is 13.8 Å². The number of rotatable bonds is 2. The molecule has 1 aromatic rings. The molecule has 0 aliphatic heterocycles. The Morgan fingerprint density at radius 3 is 2.55 bits per heavy atom. The number of hydrogen-bond donors (Lipinski definition) is 0. The molecule has 62 valence electrons. The van der Waals surface area contributed by atoms with Crippen LogP contribution in [-0.2, 0) is 9.84 Å². The van der Waals surface area contributed by atoms with Gasteiger partial charge in [-0.3, -0.25) is 0 Å². The third-order valence-corrected chi connectivity index (χ3v) is 3.11. The zero-order valence-corrected chi connectivity index (χ0v) is 7.00.